The van der Waals surface area contributed by atoms with E-state index < -0.39 is 0 Å². The molecule has 0 aliphatic rings. The van der Waals surface area contributed by atoms with Gasteiger partial charge in [-0.3, -0.25) is 4.79 Å². The molecule has 1 amide bonds. The van der Waals surface area contributed by atoms with Crippen LogP contribution in [0, 0.1) is 0 Å². The van der Waals surface area contributed by atoms with Crippen LogP contribution in [0.15, 0.2) is 40.2 Å². The summed E-state index contributed by atoms with van der Waals surface area (Å²) in [5.74, 6) is 0.643. The van der Waals surface area contributed by atoms with E-state index in [2.05, 4.69) is 34.7 Å². The van der Waals surface area contributed by atoms with Crippen LogP contribution >= 0.6 is 35.7 Å². The average Bonchev–Trinajstić information content (AvgIpc) is 2.63. The highest BCUT2D eigenvalue weighted by molar-refractivity contribution is 14.0. The van der Waals surface area contributed by atoms with E-state index in [0.29, 0.717) is 17.8 Å². The first-order valence-corrected chi connectivity index (χ1v) is 9.92. The van der Waals surface area contributed by atoms with E-state index in [0.717, 1.165) is 26.1 Å². The van der Waals surface area contributed by atoms with Gasteiger partial charge in [-0.25, -0.2) is 4.99 Å². The lowest BCUT2D eigenvalue weighted by atomic mass is 10.4. The minimum atomic E-state index is -0.0212. The Bertz CT molecular complexity index is 544. The summed E-state index contributed by atoms with van der Waals surface area (Å²) in [5.41, 5.74) is 0. The van der Waals surface area contributed by atoms with Gasteiger partial charge in [-0.1, -0.05) is 25.1 Å². The van der Waals surface area contributed by atoms with Crippen molar-refractivity contribution in [1.29, 1.82) is 0 Å². The van der Waals surface area contributed by atoms with Gasteiger partial charge >= 0.3 is 0 Å². The summed E-state index contributed by atoms with van der Waals surface area (Å²) < 4.78 is 5.35. The van der Waals surface area contributed by atoms with Gasteiger partial charge in [0.15, 0.2) is 5.96 Å². The zero-order valence-corrected chi connectivity index (χ0v) is 19.9. The fourth-order valence-electron chi connectivity index (χ4n) is 2.00. The second-order valence-electron chi connectivity index (χ2n) is 6.05. The molecule has 154 valence electrons. The van der Waals surface area contributed by atoms with E-state index in [1.54, 1.807) is 19.0 Å². The van der Waals surface area contributed by atoms with Crippen LogP contribution in [0.1, 0.15) is 20.3 Å². The zero-order valence-electron chi connectivity index (χ0n) is 16.7. The quantitative estimate of drug-likeness (QED) is 0.158. The van der Waals surface area contributed by atoms with Crippen LogP contribution in [-0.4, -0.2) is 69.0 Å². The van der Waals surface area contributed by atoms with Crippen molar-refractivity contribution in [2.75, 3.05) is 46.9 Å². The molecular formula is C19H33IN4O2S. The molecule has 0 aliphatic carbocycles. The maximum atomic E-state index is 11.8. The van der Waals surface area contributed by atoms with E-state index >= 15 is 0 Å². The first-order chi connectivity index (χ1) is 12.5. The molecule has 1 aromatic rings. The fourth-order valence-corrected chi connectivity index (χ4v) is 2.95. The molecule has 1 atom stereocenters. The van der Waals surface area contributed by atoms with Crippen molar-refractivity contribution < 1.29 is 9.53 Å². The molecule has 0 aliphatic heterocycles. The van der Waals surface area contributed by atoms with Crippen LogP contribution < -0.4 is 10.6 Å². The predicted octanol–water partition coefficient (Wildman–Crippen LogP) is 2.84. The van der Waals surface area contributed by atoms with Gasteiger partial charge in [0.05, 0.1) is 0 Å². The highest BCUT2D eigenvalue weighted by Crippen LogP contribution is 2.21. The summed E-state index contributed by atoms with van der Waals surface area (Å²) in [6.45, 7) is 7.24. The molecule has 0 fully saturated rings. The van der Waals surface area contributed by atoms with Gasteiger partial charge in [0.25, 0.3) is 0 Å². The van der Waals surface area contributed by atoms with E-state index in [1.165, 1.54) is 4.90 Å². The molecule has 1 rings (SSSR count). The standard InChI is InChI=1S/C19H32N4O2S.HI/c1-5-25-13-9-12-20-19(22-15-18(24)23(3)4)21-14-16(2)26-17-10-7-6-8-11-17;/h6-8,10-11,16H,5,9,12-15H2,1-4H3,(H2,20,21,22);1H. The predicted molar refractivity (Wildman–Crippen MR) is 125 cm³/mol. The number of hydrogen-bond acceptors (Lipinski definition) is 4. The number of carbonyl (C=O) groups excluding carboxylic acids is 1. The van der Waals surface area contributed by atoms with E-state index in [-0.39, 0.29) is 36.4 Å². The molecule has 2 N–H and O–H groups in total. The molecular weight excluding hydrogens is 475 g/mol. The van der Waals surface area contributed by atoms with E-state index in [1.807, 2.05) is 36.9 Å². The summed E-state index contributed by atoms with van der Waals surface area (Å²) >= 11 is 1.81. The van der Waals surface area contributed by atoms with Crippen molar-refractivity contribution in [3.8, 4) is 0 Å². The number of ether oxygens (including phenoxy) is 1. The molecule has 8 heteroatoms. The number of nitrogens with zero attached hydrogens (tertiary/aromatic N) is 2. The van der Waals surface area contributed by atoms with Crippen LogP contribution in [0.5, 0.6) is 0 Å². The maximum absolute atomic E-state index is 11.8. The van der Waals surface area contributed by atoms with Crippen molar-refractivity contribution in [2.45, 2.75) is 30.4 Å². The number of amides is 1. The molecule has 0 aromatic heterocycles. The topological polar surface area (TPSA) is 66.0 Å². The second-order valence-corrected chi connectivity index (χ2v) is 7.56. The Morgan fingerprint density at radius 3 is 2.59 bits per heavy atom. The van der Waals surface area contributed by atoms with Crippen molar-refractivity contribution >= 4 is 47.6 Å². The first kappa shape index (κ1) is 26.0. The van der Waals surface area contributed by atoms with Crippen LogP contribution in [0.4, 0.5) is 0 Å². The lowest BCUT2D eigenvalue weighted by molar-refractivity contribution is -0.127. The van der Waals surface area contributed by atoms with Crippen molar-refractivity contribution in [2.24, 2.45) is 4.99 Å². The molecule has 0 saturated heterocycles. The highest BCUT2D eigenvalue weighted by atomic mass is 127. The first-order valence-electron chi connectivity index (χ1n) is 9.04. The fraction of sp³-hybridized carbons (Fsp3) is 0.579. The van der Waals surface area contributed by atoms with E-state index in [9.17, 15) is 4.79 Å². The molecule has 0 radical (unpaired) electrons. The molecule has 1 unspecified atom stereocenters. The lowest BCUT2D eigenvalue weighted by Crippen LogP contribution is -2.41. The summed E-state index contributed by atoms with van der Waals surface area (Å²) in [4.78, 5) is 19.0. The minimum absolute atomic E-state index is 0. The number of halogens is 1. The van der Waals surface area contributed by atoms with Crippen LogP contribution in [0.25, 0.3) is 0 Å². The van der Waals surface area contributed by atoms with Gasteiger partial charge in [0.2, 0.25) is 5.91 Å². The van der Waals surface area contributed by atoms with Crippen molar-refractivity contribution in [3.63, 3.8) is 0 Å². The van der Waals surface area contributed by atoms with Gasteiger partial charge in [-0.05, 0) is 25.5 Å². The normalized spacial score (nSPS) is 12.1. The number of benzene rings is 1. The van der Waals surface area contributed by atoms with Crippen LogP contribution in [-0.2, 0) is 9.53 Å². The molecule has 0 heterocycles. The largest absolute Gasteiger partial charge is 0.382 e. The minimum Gasteiger partial charge on any atom is -0.382 e. The number of nitrogens with one attached hydrogen (secondary N) is 2. The summed E-state index contributed by atoms with van der Waals surface area (Å²) in [6.07, 6.45) is 0.893. The zero-order chi connectivity index (χ0) is 19.2. The molecule has 0 spiro atoms. The molecule has 0 bridgehead atoms. The Kier molecular flexibility index (Phi) is 15.4. The van der Waals surface area contributed by atoms with Crippen molar-refractivity contribution in [1.82, 2.24) is 15.5 Å². The average molecular weight is 508 g/mol. The Hall–Kier alpha value is -1.000. The number of hydrogen-bond donors (Lipinski definition) is 2. The van der Waals surface area contributed by atoms with E-state index in [4.69, 9.17) is 4.74 Å². The SMILES string of the molecule is CCOCCCNC(=NCC(=O)N(C)C)NCC(C)Sc1ccccc1.I. The molecule has 27 heavy (non-hydrogen) atoms. The number of guanidine groups is 1. The Labute approximate surface area is 184 Å². The highest BCUT2D eigenvalue weighted by Gasteiger charge is 2.08. The summed E-state index contributed by atoms with van der Waals surface area (Å²) in [7, 11) is 3.47. The third kappa shape index (κ3) is 12.9. The number of aliphatic imine (C=N–C) groups is 1. The second kappa shape index (κ2) is 16.0. The lowest BCUT2D eigenvalue weighted by Gasteiger charge is -2.17. The molecule has 1 aromatic carbocycles. The third-order valence-corrected chi connectivity index (χ3v) is 4.58. The number of carbonyl (C=O) groups is 1. The smallest absolute Gasteiger partial charge is 0.243 e. The van der Waals surface area contributed by atoms with Crippen molar-refractivity contribution in [3.05, 3.63) is 30.3 Å². The Morgan fingerprint density at radius 2 is 1.96 bits per heavy atom. The summed E-state index contributed by atoms with van der Waals surface area (Å²) in [5, 5.41) is 6.98. The van der Waals surface area contributed by atoms with Crippen LogP contribution in [0.3, 0.4) is 0 Å². The monoisotopic (exact) mass is 508 g/mol. The maximum Gasteiger partial charge on any atom is 0.243 e. The molecule has 0 saturated carbocycles. The van der Waals surface area contributed by atoms with Gasteiger partial charge < -0.3 is 20.3 Å². The van der Waals surface area contributed by atoms with Gasteiger partial charge in [-0.15, -0.1) is 35.7 Å². The van der Waals surface area contributed by atoms with Crippen LogP contribution in [0.2, 0.25) is 0 Å². The Balaban J connectivity index is 0.00000676. The molecule has 6 nitrogen and oxygen atoms in total. The van der Waals surface area contributed by atoms with Gasteiger partial charge in [-0.2, -0.15) is 0 Å². The third-order valence-electron chi connectivity index (χ3n) is 3.47. The number of likely N-dealkylation sites (N-methyl/N-ethyl adjacent to an activating group) is 1. The van der Waals surface area contributed by atoms with Gasteiger partial charge in [0.1, 0.15) is 6.54 Å². The number of thioether (sulfide) groups is 1. The Morgan fingerprint density at radius 1 is 1.26 bits per heavy atom. The summed E-state index contributed by atoms with van der Waals surface area (Å²) in [6, 6.07) is 10.3. The van der Waals surface area contributed by atoms with Gasteiger partial charge in [0, 0.05) is 50.5 Å². The number of rotatable bonds is 11.